The zero-order chi connectivity index (χ0) is 13.2. The predicted molar refractivity (Wildman–Crippen MR) is 63.3 cm³/mol. The van der Waals surface area contributed by atoms with Gasteiger partial charge in [-0.1, -0.05) is 23.2 Å². The highest BCUT2D eigenvalue weighted by Crippen LogP contribution is 2.29. The number of nitrogens with two attached hydrogens (primary N) is 1. The SMILES string of the molecule is CN(Cc1cc(Cl)c(N)c(Cl)c1)CC(F)(F)F. The van der Waals surface area contributed by atoms with E-state index in [9.17, 15) is 13.2 Å². The molecule has 0 atom stereocenters. The third kappa shape index (κ3) is 4.61. The van der Waals surface area contributed by atoms with Gasteiger partial charge in [0.05, 0.1) is 22.3 Å². The van der Waals surface area contributed by atoms with Crippen LogP contribution in [0, 0.1) is 0 Å². The van der Waals surface area contributed by atoms with Crippen LogP contribution in [0.3, 0.4) is 0 Å². The number of alkyl halides is 3. The summed E-state index contributed by atoms with van der Waals surface area (Å²) < 4.78 is 36.4. The molecular weight excluding hydrogens is 276 g/mol. The second kappa shape index (κ2) is 5.33. The largest absolute Gasteiger partial charge is 0.401 e. The first-order chi connectivity index (χ1) is 7.69. The van der Waals surface area contributed by atoms with Crippen molar-refractivity contribution in [2.75, 3.05) is 19.3 Å². The maximum absolute atomic E-state index is 12.1. The molecule has 1 rings (SSSR count). The third-order valence-corrected chi connectivity index (χ3v) is 2.67. The van der Waals surface area contributed by atoms with Gasteiger partial charge in [-0.15, -0.1) is 0 Å². The summed E-state index contributed by atoms with van der Waals surface area (Å²) in [4.78, 5) is 1.12. The summed E-state index contributed by atoms with van der Waals surface area (Å²) in [6.45, 7) is -0.897. The molecule has 0 fully saturated rings. The van der Waals surface area contributed by atoms with Gasteiger partial charge < -0.3 is 5.73 Å². The van der Waals surface area contributed by atoms with Crippen LogP contribution >= 0.6 is 23.2 Å². The first kappa shape index (κ1) is 14.4. The Bertz CT molecular complexity index is 384. The lowest BCUT2D eigenvalue weighted by Crippen LogP contribution is -2.30. The minimum absolute atomic E-state index is 0.0965. The average Bonchev–Trinajstić information content (AvgIpc) is 2.10. The molecule has 0 bridgehead atoms. The van der Waals surface area contributed by atoms with E-state index in [4.69, 9.17) is 28.9 Å². The Kier molecular flexibility index (Phi) is 4.52. The van der Waals surface area contributed by atoms with Gasteiger partial charge in [0.2, 0.25) is 0 Å². The molecule has 7 heteroatoms. The summed E-state index contributed by atoms with van der Waals surface area (Å²) in [5.74, 6) is 0. The maximum atomic E-state index is 12.1. The summed E-state index contributed by atoms with van der Waals surface area (Å²) in [6, 6.07) is 3.02. The van der Waals surface area contributed by atoms with Crippen LogP contribution in [-0.2, 0) is 6.54 Å². The lowest BCUT2D eigenvalue weighted by molar-refractivity contribution is -0.144. The number of anilines is 1. The first-order valence-corrected chi connectivity index (χ1v) is 5.43. The van der Waals surface area contributed by atoms with E-state index in [0.717, 1.165) is 4.90 Å². The normalized spacial score (nSPS) is 12.2. The molecule has 1 aromatic carbocycles. The van der Waals surface area contributed by atoms with E-state index in [0.29, 0.717) is 5.56 Å². The van der Waals surface area contributed by atoms with Crippen molar-refractivity contribution in [3.8, 4) is 0 Å². The van der Waals surface area contributed by atoms with Crippen LogP contribution in [0.15, 0.2) is 12.1 Å². The summed E-state index contributed by atoms with van der Waals surface area (Å²) in [7, 11) is 1.37. The van der Waals surface area contributed by atoms with Crippen molar-refractivity contribution in [3.05, 3.63) is 27.7 Å². The number of hydrogen-bond donors (Lipinski definition) is 1. The van der Waals surface area contributed by atoms with Crippen LogP contribution in [0.25, 0.3) is 0 Å². The second-order valence-electron chi connectivity index (χ2n) is 3.76. The maximum Gasteiger partial charge on any atom is 0.401 e. The van der Waals surface area contributed by atoms with E-state index in [1.807, 2.05) is 0 Å². The van der Waals surface area contributed by atoms with E-state index in [1.54, 1.807) is 0 Å². The molecule has 0 aromatic heterocycles. The number of benzene rings is 1. The summed E-state index contributed by atoms with van der Waals surface area (Å²) in [6.07, 6.45) is -4.23. The van der Waals surface area contributed by atoms with Crippen molar-refractivity contribution < 1.29 is 13.2 Å². The Labute approximate surface area is 107 Å². The molecule has 2 nitrogen and oxygen atoms in total. The smallest absolute Gasteiger partial charge is 0.396 e. The molecule has 0 radical (unpaired) electrons. The molecule has 1 aromatic rings. The average molecular weight is 287 g/mol. The fourth-order valence-corrected chi connectivity index (χ4v) is 1.93. The van der Waals surface area contributed by atoms with Crippen molar-refractivity contribution in [2.45, 2.75) is 12.7 Å². The van der Waals surface area contributed by atoms with Crippen LogP contribution in [0.1, 0.15) is 5.56 Å². The highest BCUT2D eigenvalue weighted by atomic mass is 35.5. The van der Waals surface area contributed by atoms with E-state index in [-0.39, 0.29) is 22.3 Å². The highest BCUT2D eigenvalue weighted by Gasteiger charge is 2.29. The van der Waals surface area contributed by atoms with Gasteiger partial charge in [-0.25, -0.2) is 0 Å². The van der Waals surface area contributed by atoms with Crippen molar-refractivity contribution in [3.63, 3.8) is 0 Å². The second-order valence-corrected chi connectivity index (χ2v) is 4.58. The molecule has 2 N–H and O–H groups in total. The zero-order valence-corrected chi connectivity index (χ0v) is 10.5. The van der Waals surface area contributed by atoms with Crippen LogP contribution in [0.4, 0.5) is 18.9 Å². The molecule has 96 valence electrons. The van der Waals surface area contributed by atoms with Gasteiger partial charge >= 0.3 is 6.18 Å². The van der Waals surface area contributed by atoms with Crippen molar-refractivity contribution >= 4 is 28.9 Å². The van der Waals surface area contributed by atoms with Gasteiger partial charge in [-0.05, 0) is 24.7 Å². The number of nitrogen functional groups attached to an aromatic ring is 1. The van der Waals surface area contributed by atoms with Gasteiger partial charge in [-0.2, -0.15) is 13.2 Å². The fraction of sp³-hybridized carbons (Fsp3) is 0.400. The van der Waals surface area contributed by atoms with Crippen LogP contribution < -0.4 is 5.73 Å². The molecule has 0 aliphatic heterocycles. The van der Waals surface area contributed by atoms with E-state index in [2.05, 4.69) is 0 Å². The Morgan fingerprint density at radius 1 is 1.24 bits per heavy atom. The van der Waals surface area contributed by atoms with Gasteiger partial charge in [0, 0.05) is 6.54 Å². The first-order valence-electron chi connectivity index (χ1n) is 4.68. The lowest BCUT2D eigenvalue weighted by atomic mass is 10.2. The number of halogens is 5. The standard InChI is InChI=1S/C10H11Cl2F3N2/c1-17(5-10(13,14)15)4-6-2-7(11)9(16)8(12)3-6/h2-3H,4-5,16H2,1H3. The van der Waals surface area contributed by atoms with Crippen LogP contribution in [-0.4, -0.2) is 24.7 Å². The minimum Gasteiger partial charge on any atom is -0.396 e. The van der Waals surface area contributed by atoms with Crippen molar-refractivity contribution in [1.82, 2.24) is 4.90 Å². The molecule has 17 heavy (non-hydrogen) atoms. The summed E-state index contributed by atoms with van der Waals surface area (Å²) in [5, 5.41) is 0.487. The Balaban J connectivity index is 2.76. The van der Waals surface area contributed by atoms with Crippen LogP contribution in [0.5, 0.6) is 0 Å². The Hall–Kier alpha value is -0.650. The monoisotopic (exact) mass is 286 g/mol. The van der Waals surface area contributed by atoms with Gasteiger partial charge in [0.25, 0.3) is 0 Å². The van der Waals surface area contributed by atoms with Crippen LogP contribution in [0.2, 0.25) is 10.0 Å². The van der Waals surface area contributed by atoms with Gasteiger partial charge in [-0.3, -0.25) is 4.90 Å². The van der Waals surface area contributed by atoms with Crippen molar-refractivity contribution in [1.29, 1.82) is 0 Å². The lowest BCUT2D eigenvalue weighted by Gasteiger charge is -2.19. The third-order valence-electron chi connectivity index (χ3n) is 2.04. The predicted octanol–water partition coefficient (Wildman–Crippen LogP) is 3.57. The number of nitrogens with zero attached hydrogens (tertiary/aromatic N) is 1. The highest BCUT2D eigenvalue weighted by molar-refractivity contribution is 6.38. The van der Waals surface area contributed by atoms with E-state index >= 15 is 0 Å². The molecule has 0 saturated heterocycles. The van der Waals surface area contributed by atoms with E-state index in [1.165, 1.54) is 19.2 Å². The molecule has 0 heterocycles. The molecule has 0 aliphatic carbocycles. The fourth-order valence-electron chi connectivity index (χ4n) is 1.40. The van der Waals surface area contributed by atoms with Crippen molar-refractivity contribution in [2.24, 2.45) is 0 Å². The molecule has 0 aliphatic rings. The summed E-state index contributed by atoms with van der Waals surface area (Å²) in [5.41, 5.74) is 6.34. The molecular formula is C10H11Cl2F3N2. The van der Waals surface area contributed by atoms with Gasteiger partial charge in [0.1, 0.15) is 0 Å². The number of rotatable bonds is 3. The summed E-state index contributed by atoms with van der Waals surface area (Å²) >= 11 is 11.6. The zero-order valence-electron chi connectivity index (χ0n) is 8.98. The molecule has 0 spiro atoms. The van der Waals surface area contributed by atoms with Gasteiger partial charge in [0.15, 0.2) is 0 Å². The quantitative estimate of drug-likeness (QED) is 0.861. The Morgan fingerprint density at radius 3 is 2.12 bits per heavy atom. The van der Waals surface area contributed by atoms with E-state index < -0.39 is 12.7 Å². The molecule has 0 saturated carbocycles. The topological polar surface area (TPSA) is 29.3 Å². The minimum atomic E-state index is -4.23. The molecule has 0 amide bonds. The molecule has 0 unspecified atom stereocenters. The number of hydrogen-bond acceptors (Lipinski definition) is 2. The Morgan fingerprint density at radius 2 is 1.71 bits per heavy atom.